The Morgan fingerprint density at radius 1 is 1.25 bits per heavy atom. The van der Waals surface area contributed by atoms with E-state index in [-0.39, 0.29) is 17.1 Å². The molecule has 0 aliphatic carbocycles. The van der Waals surface area contributed by atoms with E-state index in [1.165, 1.54) is 19.9 Å². The van der Waals surface area contributed by atoms with Crippen molar-refractivity contribution >= 4 is 11.6 Å². The van der Waals surface area contributed by atoms with Gasteiger partial charge in [0.25, 0.3) is 0 Å². The van der Waals surface area contributed by atoms with E-state index in [0.29, 0.717) is 0 Å². The van der Waals surface area contributed by atoms with E-state index in [1.54, 1.807) is 0 Å². The molecule has 0 aliphatic rings. The van der Waals surface area contributed by atoms with Crippen molar-refractivity contribution in [3.05, 3.63) is 11.6 Å². The van der Waals surface area contributed by atoms with Crippen LogP contribution < -0.4 is 0 Å². The van der Waals surface area contributed by atoms with E-state index < -0.39 is 0 Å². The first-order valence-corrected chi connectivity index (χ1v) is 3.27. The summed E-state index contributed by atoms with van der Waals surface area (Å²) in [7, 11) is 0. The molecule has 0 spiro atoms. The predicted octanol–water partition coefficient (Wildman–Crippen LogP) is 0.727. The monoisotopic (exact) mass is 160 g/mol. The van der Waals surface area contributed by atoms with Gasteiger partial charge in [0, 0.05) is 13.0 Å². The molecule has 0 saturated carbocycles. The van der Waals surface area contributed by atoms with Crippen LogP contribution in [0.25, 0.3) is 0 Å². The van der Waals surface area contributed by atoms with Crippen molar-refractivity contribution in [2.45, 2.75) is 13.8 Å². The predicted molar refractivity (Wildman–Crippen MR) is 46.1 cm³/mol. The standard InChI is InChI=1S/C10H8O2/c1-4-5-10(9(3)12)7-6-8(2)11/h1,5H,2-3H3. The second-order valence-corrected chi connectivity index (χ2v) is 2.09. The van der Waals surface area contributed by atoms with Crippen molar-refractivity contribution in [3.63, 3.8) is 0 Å². The van der Waals surface area contributed by atoms with Crippen LogP contribution in [0.1, 0.15) is 13.8 Å². The first-order valence-electron chi connectivity index (χ1n) is 3.27. The van der Waals surface area contributed by atoms with Crippen LogP contribution >= 0.6 is 0 Å². The van der Waals surface area contributed by atoms with Crippen molar-refractivity contribution in [1.82, 2.24) is 0 Å². The molecular weight excluding hydrogens is 152 g/mol. The lowest BCUT2D eigenvalue weighted by Crippen LogP contribution is -1.94. The first-order chi connectivity index (χ1) is 5.57. The molecule has 0 N–H and O–H groups in total. The van der Waals surface area contributed by atoms with Crippen LogP contribution in [0.2, 0.25) is 0 Å². The highest BCUT2D eigenvalue weighted by atomic mass is 16.1. The van der Waals surface area contributed by atoms with Crippen molar-refractivity contribution in [2.24, 2.45) is 0 Å². The van der Waals surface area contributed by atoms with Gasteiger partial charge in [-0.1, -0.05) is 11.8 Å². The van der Waals surface area contributed by atoms with Crippen LogP contribution in [0.15, 0.2) is 11.6 Å². The minimum absolute atomic E-state index is 0.188. The molecular formula is C10H8O2. The Kier molecular flexibility index (Phi) is 4.19. The molecule has 0 saturated heterocycles. The molecule has 0 aliphatic heterocycles. The van der Waals surface area contributed by atoms with Gasteiger partial charge in [-0.3, -0.25) is 9.59 Å². The fraction of sp³-hybridized carbons (Fsp3) is 0.200. The number of hydrogen-bond acceptors (Lipinski definition) is 2. The van der Waals surface area contributed by atoms with Crippen LogP contribution in [0, 0.1) is 24.2 Å². The molecule has 0 rings (SSSR count). The van der Waals surface area contributed by atoms with E-state index in [2.05, 4.69) is 17.8 Å². The van der Waals surface area contributed by atoms with Crippen molar-refractivity contribution in [3.8, 4) is 24.2 Å². The largest absolute Gasteiger partial charge is 0.294 e. The summed E-state index contributed by atoms with van der Waals surface area (Å²) in [5.74, 6) is 6.28. The van der Waals surface area contributed by atoms with Crippen LogP contribution in [-0.4, -0.2) is 11.6 Å². The minimum Gasteiger partial charge on any atom is -0.294 e. The van der Waals surface area contributed by atoms with Gasteiger partial charge in [0.15, 0.2) is 5.78 Å². The van der Waals surface area contributed by atoms with Crippen molar-refractivity contribution < 1.29 is 9.59 Å². The summed E-state index contributed by atoms with van der Waals surface area (Å²) in [6.45, 7) is 2.67. The third-order valence-electron chi connectivity index (χ3n) is 0.980. The van der Waals surface area contributed by atoms with Crippen LogP contribution in [0.4, 0.5) is 0 Å². The second kappa shape index (κ2) is 4.93. The summed E-state index contributed by atoms with van der Waals surface area (Å²) < 4.78 is 0. The number of rotatable bonds is 1. The summed E-state index contributed by atoms with van der Waals surface area (Å²) >= 11 is 0. The third kappa shape index (κ3) is 4.09. The van der Waals surface area contributed by atoms with E-state index in [1.807, 2.05) is 0 Å². The summed E-state index contributed by atoms with van der Waals surface area (Å²) in [6.07, 6.45) is 6.19. The van der Waals surface area contributed by atoms with Gasteiger partial charge in [0.05, 0.1) is 5.57 Å². The number of Topliss-reactive ketones (excluding diaryl/α,β-unsaturated/α-hetero) is 2. The lowest BCUT2D eigenvalue weighted by Gasteiger charge is -1.86. The average molecular weight is 160 g/mol. The van der Waals surface area contributed by atoms with Gasteiger partial charge in [-0.15, -0.1) is 6.42 Å². The molecule has 0 atom stereocenters. The number of allylic oxidation sites excluding steroid dienone is 2. The molecule has 0 aromatic carbocycles. The average Bonchev–Trinajstić information content (AvgIpc) is 1.96. The molecule has 0 unspecified atom stereocenters. The second-order valence-electron chi connectivity index (χ2n) is 2.09. The maximum atomic E-state index is 10.8. The maximum absolute atomic E-state index is 10.8. The van der Waals surface area contributed by atoms with Gasteiger partial charge in [-0.05, 0) is 12.8 Å². The fourth-order valence-corrected chi connectivity index (χ4v) is 0.464. The number of ketones is 2. The molecule has 2 nitrogen and oxygen atoms in total. The molecule has 0 heterocycles. The normalized spacial score (nSPS) is 9.25. The van der Waals surface area contributed by atoms with Crippen molar-refractivity contribution in [1.29, 1.82) is 0 Å². The fourth-order valence-electron chi connectivity index (χ4n) is 0.464. The zero-order valence-corrected chi connectivity index (χ0v) is 6.97. The molecule has 0 fully saturated rings. The number of carbonyl (C=O) groups excluding carboxylic acids is 2. The summed E-state index contributed by atoms with van der Waals surface area (Å²) in [5, 5.41) is 0. The van der Waals surface area contributed by atoms with Gasteiger partial charge in [0.1, 0.15) is 0 Å². The maximum Gasteiger partial charge on any atom is 0.202 e. The molecule has 0 bridgehead atoms. The van der Waals surface area contributed by atoms with Crippen LogP contribution in [0.3, 0.4) is 0 Å². The first kappa shape index (κ1) is 10.2. The van der Waals surface area contributed by atoms with Gasteiger partial charge in [-0.25, -0.2) is 0 Å². The lowest BCUT2D eigenvalue weighted by atomic mass is 10.2. The highest BCUT2D eigenvalue weighted by Gasteiger charge is 1.97. The van der Waals surface area contributed by atoms with Crippen LogP contribution in [-0.2, 0) is 9.59 Å². The topological polar surface area (TPSA) is 34.1 Å². The molecule has 2 heteroatoms. The summed E-state index contributed by atoms with van der Waals surface area (Å²) in [4.78, 5) is 21.2. The number of hydrogen-bond donors (Lipinski definition) is 0. The molecule has 0 aromatic rings. The number of terminal acetylenes is 1. The van der Waals surface area contributed by atoms with Gasteiger partial charge in [0.2, 0.25) is 5.78 Å². The summed E-state index contributed by atoms with van der Waals surface area (Å²) in [6, 6.07) is 0. The Balaban J connectivity index is 4.75. The zero-order valence-electron chi connectivity index (χ0n) is 6.97. The summed E-state index contributed by atoms with van der Waals surface area (Å²) in [5.41, 5.74) is 0.188. The molecule has 0 amide bonds. The third-order valence-corrected chi connectivity index (χ3v) is 0.980. The molecule has 12 heavy (non-hydrogen) atoms. The van der Waals surface area contributed by atoms with Gasteiger partial charge < -0.3 is 0 Å². The Morgan fingerprint density at radius 2 is 1.83 bits per heavy atom. The Morgan fingerprint density at radius 3 is 2.17 bits per heavy atom. The Bertz CT molecular complexity index is 329. The molecule has 60 valence electrons. The van der Waals surface area contributed by atoms with E-state index in [9.17, 15) is 9.59 Å². The quantitative estimate of drug-likeness (QED) is 0.322. The van der Waals surface area contributed by atoms with E-state index >= 15 is 0 Å². The highest BCUT2D eigenvalue weighted by molar-refractivity contribution is 6.01. The van der Waals surface area contributed by atoms with Crippen molar-refractivity contribution in [2.75, 3.05) is 0 Å². The van der Waals surface area contributed by atoms with Gasteiger partial charge in [-0.2, -0.15) is 0 Å². The Hall–Kier alpha value is -1.80. The zero-order chi connectivity index (χ0) is 9.56. The molecule has 0 radical (unpaired) electrons. The minimum atomic E-state index is -0.292. The van der Waals surface area contributed by atoms with Crippen LogP contribution in [0.5, 0.6) is 0 Å². The SMILES string of the molecule is C#CC=C(C#CC(C)=O)C(C)=O. The van der Waals surface area contributed by atoms with E-state index in [4.69, 9.17) is 6.42 Å². The molecule has 0 aromatic heterocycles. The Labute approximate surface area is 71.7 Å². The van der Waals surface area contributed by atoms with Gasteiger partial charge >= 0.3 is 0 Å². The highest BCUT2D eigenvalue weighted by Crippen LogP contribution is 1.92. The van der Waals surface area contributed by atoms with E-state index in [0.717, 1.165) is 0 Å². The lowest BCUT2D eigenvalue weighted by molar-refractivity contribution is -0.113. The number of carbonyl (C=O) groups is 2. The smallest absolute Gasteiger partial charge is 0.202 e.